The molecule has 33 heavy (non-hydrogen) atoms. The number of hydrogen-bond acceptors (Lipinski definition) is 9. The van der Waals surface area contributed by atoms with Crippen LogP contribution in [0.25, 0.3) is 0 Å². The van der Waals surface area contributed by atoms with Crippen LogP contribution in [0.4, 0.5) is 5.95 Å². The van der Waals surface area contributed by atoms with Crippen molar-refractivity contribution in [1.82, 2.24) is 29.6 Å². The highest BCUT2D eigenvalue weighted by atomic mass is 16.6. The van der Waals surface area contributed by atoms with Crippen LogP contribution in [0, 0.1) is 11.3 Å². The molecule has 11 nitrogen and oxygen atoms in total. The molecule has 11 heteroatoms. The van der Waals surface area contributed by atoms with Crippen LogP contribution in [-0.2, 0) is 22.6 Å². The molecule has 0 bridgehead atoms. The molecule has 1 saturated carbocycles. The molecule has 4 heterocycles. The highest BCUT2D eigenvalue weighted by molar-refractivity contribution is 5.86. The third-order valence-electron chi connectivity index (χ3n) is 6.40. The lowest BCUT2D eigenvalue weighted by molar-refractivity contribution is -0.127. The van der Waals surface area contributed by atoms with Crippen LogP contribution < -0.4 is 10.1 Å². The summed E-state index contributed by atoms with van der Waals surface area (Å²) in [6.45, 7) is 6.36. The van der Waals surface area contributed by atoms with Crippen LogP contribution in [0.5, 0.6) is 5.88 Å². The van der Waals surface area contributed by atoms with Gasteiger partial charge in [-0.3, -0.25) is 4.79 Å². The number of fused-ring (bicyclic) bond motifs is 1. The molecule has 172 valence electrons. The monoisotopic (exact) mass is 450 g/mol. The lowest BCUT2D eigenvalue weighted by Crippen LogP contribution is -2.39. The highest BCUT2D eigenvalue weighted by Gasteiger charge is 2.31. The van der Waals surface area contributed by atoms with Crippen molar-refractivity contribution in [2.24, 2.45) is 0 Å². The van der Waals surface area contributed by atoms with Crippen molar-refractivity contribution >= 4 is 11.9 Å². The molecule has 0 unspecified atom stereocenters. The van der Waals surface area contributed by atoms with Gasteiger partial charge in [-0.1, -0.05) is 13.0 Å². The number of nitrogens with one attached hydrogen (secondary N) is 1. The third-order valence-corrected chi connectivity index (χ3v) is 6.40. The lowest BCUT2D eigenvalue weighted by Gasteiger charge is -2.31. The van der Waals surface area contributed by atoms with Gasteiger partial charge in [0.05, 0.1) is 26.0 Å². The Bertz CT molecular complexity index is 1090. The summed E-state index contributed by atoms with van der Waals surface area (Å²) in [6.07, 6.45) is 6.72. The van der Waals surface area contributed by atoms with E-state index in [1.807, 2.05) is 0 Å². The Morgan fingerprint density at radius 3 is 2.97 bits per heavy atom. The average Bonchev–Trinajstić information content (AvgIpc) is 3.24. The van der Waals surface area contributed by atoms with Crippen molar-refractivity contribution < 1.29 is 14.3 Å². The molecule has 5 rings (SSSR count). The summed E-state index contributed by atoms with van der Waals surface area (Å²) in [4.78, 5) is 22.4. The van der Waals surface area contributed by atoms with Gasteiger partial charge in [0.2, 0.25) is 17.7 Å². The molecule has 2 aromatic heterocycles. The fourth-order valence-corrected chi connectivity index (χ4v) is 4.58. The van der Waals surface area contributed by atoms with Crippen molar-refractivity contribution in [2.45, 2.75) is 56.8 Å². The van der Waals surface area contributed by atoms with E-state index in [4.69, 9.17) is 9.47 Å². The van der Waals surface area contributed by atoms with E-state index in [-0.39, 0.29) is 24.0 Å². The molecule has 0 spiro atoms. The molecule has 1 saturated heterocycles. The number of nitrogens with zero attached hydrogens (tertiary/aromatic N) is 7. The van der Waals surface area contributed by atoms with Crippen LogP contribution in [-0.4, -0.2) is 67.4 Å². The Labute approximate surface area is 191 Å². The third kappa shape index (κ3) is 4.39. The number of carbonyl (C=O) groups excluding carboxylic acids is 1. The predicted molar refractivity (Wildman–Crippen MR) is 116 cm³/mol. The van der Waals surface area contributed by atoms with Gasteiger partial charge in [0.25, 0.3) is 0 Å². The van der Waals surface area contributed by atoms with E-state index in [9.17, 15) is 10.1 Å². The van der Waals surface area contributed by atoms with Gasteiger partial charge in [0, 0.05) is 25.0 Å². The van der Waals surface area contributed by atoms with Gasteiger partial charge in [0.15, 0.2) is 5.82 Å². The average molecular weight is 451 g/mol. The zero-order chi connectivity index (χ0) is 22.8. The molecular formula is C22H26N8O3. The van der Waals surface area contributed by atoms with E-state index in [2.05, 4.69) is 42.7 Å². The van der Waals surface area contributed by atoms with Gasteiger partial charge in [0.1, 0.15) is 23.6 Å². The Morgan fingerprint density at radius 2 is 2.21 bits per heavy atom. The maximum Gasteiger partial charge on any atom is 0.246 e. The Hall–Kier alpha value is -3.52. The van der Waals surface area contributed by atoms with Gasteiger partial charge in [-0.15, -0.1) is 10.2 Å². The predicted octanol–water partition coefficient (Wildman–Crippen LogP) is 1.38. The summed E-state index contributed by atoms with van der Waals surface area (Å²) in [6, 6.07) is 2.25. The molecule has 2 atom stereocenters. The lowest BCUT2D eigenvalue weighted by atomic mass is 9.85. The zero-order valence-corrected chi connectivity index (χ0v) is 18.3. The first kappa shape index (κ1) is 21.3. The topological polar surface area (TPSA) is 131 Å². The second-order valence-corrected chi connectivity index (χ2v) is 8.60. The van der Waals surface area contributed by atoms with E-state index in [0.29, 0.717) is 50.2 Å². The van der Waals surface area contributed by atoms with Crippen molar-refractivity contribution in [3.63, 3.8) is 0 Å². The van der Waals surface area contributed by atoms with Gasteiger partial charge in [-0.2, -0.15) is 10.2 Å². The first-order valence-electron chi connectivity index (χ1n) is 11.3. The quantitative estimate of drug-likeness (QED) is 0.648. The van der Waals surface area contributed by atoms with Crippen LogP contribution in [0.3, 0.4) is 0 Å². The molecule has 1 amide bonds. The van der Waals surface area contributed by atoms with E-state index in [1.54, 1.807) is 4.90 Å². The normalized spacial score (nSPS) is 22.6. The van der Waals surface area contributed by atoms with Gasteiger partial charge >= 0.3 is 0 Å². The Balaban J connectivity index is 1.26. The Kier molecular flexibility index (Phi) is 5.92. The first-order valence-corrected chi connectivity index (χ1v) is 11.3. The minimum atomic E-state index is -0.0802. The second-order valence-electron chi connectivity index (χ2n) is 8.60. The van der Waals surface area contributed by atoms with Crippen molar-refractivity contribution in [2.75, 3.05) is 25.1 Å². The number of rotatable bonds is 6. The van der Waals surface area contributed by atoms with E-state index < -0.39 is 0 Å². The number of ether oxygens (including phenoxy) is 2. The summed E-state index contributed by atoms with van der Waals surface area (Å²) >= 11 is 0. The fourth-order valence-electron chi connectivity index (χ4n) is 4.58. The van der Waals surface area contributed by atoms with Gasteiger partial charge < -0.3 is 24.3 Å². The summed E-state index contributed by atoms with van der Waals surface area (Å²) in [5.41, 5.74) is 0.313. The zero-order valence-electron chi connectivity index (χ0n) is 18.3. The van der Waals surface area contributed by atoms with E-state index in [0.717, 1.165) is 37.3 Å². The Morgan fingerprint density at radius 1 is 1.33 bits per heavy atom. The molecule has 0 radical (unpaired) electrons. The molecule has 3 aliphatic rings. The van der Waals surface area contributed by atoms with Crippen molar-refractivity contribution in [3.05, 3.63) is 36.1 Å². The molecule has 2 fully saturated rings. The smallest absolute Gasteiger partial charge is 0.246 e. The summed E-state index contributed by atoms with van der Waals surface area (Å²) in [7, 11) is 0. The van der Waals surface area contributed by atoms with Crippen LogP contribution in [0.1, 0.15) is 48.8 Å². The van der Waals surface area contributed by atoms with Gasteiger partial charge in [-0.25, -0.2) is 4.98 Å². The van der Waals surface area contributed by atoms with Crippen LogP contribution in [0.15, 0.2) is 18.9 Å². The molecule has 2 aliphatic heterocycles. The minimum Gasteiger partial charge on any atom is -0.468 e. The number of aromatic nitrogens is 5. The second kappa shape index (κ2) is 9.15. The molecular weight excluding hydrogens is 424 g/mol. The summed E-state index contributed by atoms with van der Waals surface area (Å²) in [5.74, 6) is 2.73. The number of nitriles is 1. The SMILES string of the molecule is C=CC(=O)N1CCn2c(nnc2[C@H]2CCC[C@@H](Nc3ncc(C#N)c(OC4COC4)n3)C2)C1. The van der Waals surface area contributed by atoms with E-state index in [1.165, 1.54) is 12.3 Å². The molecule has 1 aliphatic carbocycles. The number of carbonyl (C=O) groups is 1. The van der Waals surface area contributed by atoms with E-state index >= 15 is 0 Å². The molecule has 2 aromatic rings. The molecule has 1 N–H and O–H groups in total. The number of anilines is 1. The highest BCUT2D eigenvalue weighted by Crippen LogP contribution is 2.34. The summed E-state index contributed by atoms with van der Waals surface area (Å²) in [5, 5.41) is 21.6. The molecule has 0 aromatic carbocycles. The minimum absolute atomic E-state index is 0.0734. The number of hydrogen-bond donors (Lipinski definition) is 1. The van der Waals surface area contributed by atoms with Crippen molar-refractivity contribution in [3.8, 4) is 11.9 Å². The van der Waals surface area contributed by atoms with Crippen LogP contribution >= 0.6 is 0 Å². The maximum absolute atomic E-state index is 11.9. The van der Waals surface area contributed by atoms with Crippen molar-refractivity contribution in [1.29, 1.82) is 5.26 Å². The largest absolute Gasteiger partial charge is 0.468 e. The number of amides is 1. The maximum atomic E-state index is 11.9. The van der Waals surface area contributed by atoms with Crippen LogP contribution in [0.2, 0.25) is 0 Å². The first-order chi connectivity index (χ1) is 16.1. The van der Waals surface area contributed by atoms with Gasteiger partial charge in [-0.05, 0) is 25.3 Å². The standard InChI is InChI=1S/C22H26N8O3/c1-2-19(31)29-6-7-30-18(11-29)27-28-20(30)14-4-3-5-16(8-14)25-22-24-10-15(9-23)21(26-22)33-17-12-32-13-17/h2,10,14,16-17H,1,3-8,11-13H2,(H,24,25,26)/t14-,16+/m0/s1. The fraction of sp³-hybridized carbons (Fsp3) is 0.545. The summed E-state index contributed by atoms with van der Waals surface area (Å²) < 4.78 is 13.1.